The minimum atomic E-state index is -0.602. The average Bonchev–Trinajstić information content (AvgIpc) is 2.67. The van der Waals surface area contributed by atoms with Crippen molar-refractivity contribution in [3.63, 3.8) is 0 Å². The van der Waals surface area contributed by atoms with E-state index in [9.17, 15) is 4.79 Å². The lowest BCUT2D eigenvalue weighted by Gasteiger charge is -2.19. The Morgan fingerprint density at radius 2 is 2.11 bits per heavy atom. The zero-order chi connectivity index (χ0) is 13.2. The molecule has 2 N–H and O–H groups in total. The third-order valence-electron chi connectivity index (χ3n) is 2.94. The number of hydrogen-bond donors (Lipinski definition) is 1. The first-order valence-electron chi connectivity index (χ1n) is 6.01. The summed E-state index contributed by atoms with van der Waals surface area (Å²) in [6.07, 6.45) is -0.355. The maximum Gasteiger partial charge on any atom is 0.415 e. The lowest BCUT2D eigenvalue weighted by atomic mass is 10.1. The van der Waals surface area contributed by atoms with Crippen molar-refractivity contribution in [2.45, 2.75) is 19.4 Å². The fourth-order valence-electron chi connectivity index (χ4n) is 1.89. The van der Waals surface area contributed by atoms with E-state index in [0.29, 0.717) is 19.7 Å². The van der Waals surface area contributed by atoms with Gasteiger partial charge in [-0.05, 0) is 38.1 Å². The summed E-state index contributed by atoms with van der Waals surface area (Å²) < 4.78 is 10.6. The quantitative estimate of drug-likeness (QED) is 0.884. The van der Waals surface area contributed by atoms with Crippen LogP contribution in [-0.4, -0.2) is 31.4 Å². The molecule has 0 spiro atoms. The number of nitrogens with zero attached hydrogens (tertiary/aromatic N) is 1. The van der Waals surface area contributed by atoms with Crippen LogP contribution in [0.25, 0.3) is 0 Å². The van der Waals surface area contributed by atoms with Gasteiger partial charge in [0.1, 0.15) is 11.4 Å². The van der Waals surface area contributed by atoms with E-state index in [2.05, 4.69) is 0 Å². The second kappa shape index (κ2) is 4.86. The zero-order valence-electron chi connectivity index (χ0n) is 10.7. The van der Waals surface area contributed by atoms with Crippen molar-refractivity contribution < 1.29 is 14.3 Å². The Bertz CT molecular complexity index is 432. The van der Waals surface area contributed by atoms with Gasteiger partial charge in [0.15, 0.2) is 0 Å². The Morgan fingerprint density at radius 3 is 2.61 bits per heavy atom. The molecule has 0 radical (unpaired) electrons. The Balaban J connectivity index is 2.14. The molecule has 1 saturated heterocycles. The number of anilines is 1. The number of hydrogen-bond acceptors (Lipinski definition) is 4. The largest absolute Gasteiger partial charge is 0.494 e. The number of ether oxygens (including phenoxy) is 2. The second-order valence-corrected chi connectivity index (χ2v) is 4.54. The summed E-state index contributed by atoms with van der Waals surface area (Å²) >= 11 is 0. The normalized spacial score (nSPS) is 23.1. The van der Waals surface area contributed by atoms with Gasteiger partial charge in [0, 0.05) is 12.2 Å². The predicted molar refractivity (Wildman–Crippen MR) is 68.9 cm³/mol. The molecule has 5 heteroatoms. The number of amides is 1. The summed E-state index contributed by atoms with van der Waals surface area (Å²) in [7, 11) is 0. The molecule has 2 rings (SSSR count). The highest BCUT2D eigenvalue weighted by molar-refractivity contribution is 5.90. The highest BCUT2D eigenvalue weighted by Crippen LogP contribution is 2.28. The molecule has 0 aliphatic carbocycles. The molecule has 1 aromatic carbocycles. The van der Waals surface area contributed by atoms with Crippen molar-refractivity contribution in [3.8, 4) is 5.75 Å². The summed E-state index contributed by atoms with van der Waals surface area (Å²) in [5.41, 5.74) is 5.80. The highest BCUT2D eigenvalue weighted by atomic mass is 16.6. The van der Waals surface area contributed by atoms with Gasteiger partial charge in [-0.1, -0.05) is 0 Å². The molecule has 0 bridgehead atoms. The SMILES string of the molecule is CCOc1ccc(N2CC(C)(CN)OC2=O)cc1. The maximum atomic E-state index is 11.8. The molecule has 1 atom stereocenters. The third kappa shape index (κ3) is 2.41. The molecule has 1 aliphatic rings. The van der Waals surface area contributed by atoms with Crippen molar-refractivity contribution in [2.75, 3.05) is 24.6 Å². The van der Waals surface area contributed by atoms with Crippen LogP contribution >= 0.6 is 0 Å². The molecule has 98 valence electrons. The van der Waals surface area contributed by atoms with Gasteiger partial charge < -0.3 is 15.2 Å². The van der Waals surface area contributed by atoms with Gasteiger partial charge >= 0.3 is 6.09 Å². The Morgan fingerprint density at radius 1 is 1.44 bits per heavy atom. The number of nitrogens with two attached hydrogens (primary N) is 1. The van der Waals surface area contributed by atoms with E-state index >= 15 is 0 Å². The molecular formula is C13H18N2O3. The summed E-state index contributed by atoms with van der Waals surface area (Å²) in [4.78, 5) is 13.4. The van der Waals surface area contributed by atoms with Crippen molar-refractivity contribution in [1.82, 2.24) is 0 Å². The van der Waals surface area contributed by atoms with Crippen molar-refractivity contribution >= 4 is 11.8 Å². The molecule has 5 nitrogen and oxygen atoms in total. The predicted octanol–water partition coefficient (Wildman–Crippen LogP) is 1.76. The van der Waals surface area contributed by atoms with Gasteiger partial charge in [-0.25, -0.2) is 4.79 Å². The van der Waals surface area contributed by atoms with Crippen LogP contribution in [0.15, 0.2) is 24.3 Å². The second-order valence-electron chi connectivity index (χ2n) is 4.54. The van der Waals surface area contributed by atoms with Gasteiger partial charge in [0.25, 0.3) is 0 Å². The topological polar surface area (TPSA) is 64.8 Å². The van der Waals surface area contributed by atoms with Gasteiger partial charge in [-0.2, -0.15) is 0 Å². The average molecular weight is 250 g/mol. The van der Waals surface area contributed by atoms with Crippen LogP contribution in [0.4, 0.5) is 10.5 Å². The van der Waals surface area contributed by atoms with Crippen molar-refractivity contribution in [1.29, 1.82) is 0 Å². The van der Waals surface area contributed by atoms with E-state index in [1.54, 1.807) is 4.90 Å². The fourth-order valence-corrected chi connectivity index (χ4v) is 1.89. The number of cyclic esters (lactones) is 1. The fraction of sp³-hybridized carbons (Fsp3) is 0.462. The van der Waals surface area contributed by atoms with E-state index < -0.39 is 5.60 Å². The van der Waals surface area contributed by atoms with Gasteiger partial charge in [-0.3, -0.25) is 4.90 Å². The number of carbonyl (C=O) groups excluding carboxylic acids is 1. The smallest absolute Gasteiger partial charge is 0.415 e. The summed E-state index contributed by atoms with van der Waals surface area (Å²) in [6, 6.07) is 7.36. The lowest BCUT2D eigenvalue weighted by Crippen LogP contribution is -2.38. The number of benzene rings is 1. The summed E-state index contributed by atoms with van der Waals surface area (Å²) in [6.45, 7) is 5.16. The van der Waals surface area contributed by atoms with E-state index in [-0.39, 0.29) is 6.09 Å². The lowest BCUT2D eigenvalue weighted by molar-refractivity contribution is 0.0789. The minimum absolute atomic E-state index is 0.312. The highest BCUT2D eigenvalue weighted by Gasteiger charge is 2.40. The van der Waals surface area contributed by atoms with E-state index in [0.717, 1.165) is 11.4 Å². The molecular weight excluding hydrogens is 232 g/mol. The number of carbonyl (C=O) groups is 1. The Kier molecular flexibility index (Phi) is 3.43. The third-order valence-corrected chi connectivity index (χ3v) is 2.94. The zero-order valence-corrected chi connectivity index (χ0v) is 10.7. The monoisotopic (exact) mass is 250 g/mol. The van der Waals surface area contributed by atoms with Crippen LogP contribution in [0.3, 0.4) is 0 Å². The van der Waals surface area contributed by atoms with E-state index in [1.165, 1.54) is 0 Å². The summed E-state index contributed by atoms with van der Waals surface area (Å²) in [5.74, 6) is 0.787. The summed E-state index contributed by atoms with van der Waals surface area (Å²) in [5, 5.41) is 0. The molecule has 1 amide bonds. The molecule has 1 aromatic rings. The van der Waals surface area contributed by atoms with Gasteiger partial charge in [-0.15, -0.1) is 0 Å². The van der Waals surface area contributed by atoms with Crippen LogP contribution in [0.1, 0.15) is 13.8 Å². The first kappa shape index (κ1) is 12.7. The Hall–Kier alpha value is -1.75. The van der Waals surface area contributed by atoms with Crippen LogP contribution in [0.5, 0.6) is 5.75 Å². The first-order chi connectivity index (χ1) is 8.58. The molecule has 1 heterocycles. The van der Waals surface area contributed by atoms with Crippen molar-refractivity contribution in [3.05, 3.63) is 24.3 Å². The van der Waals surface area contributed by atoms with Crippen LogP contribution in [0, 0.1) is 0 Å². The van der Waals surface area contributed by atoms with Crippen LogP contribution in [0.2, 0.25) is 0 Å². The molecule has 0 saturated carbocycles. The number of rotatable bonds is 4. The minimum Gasteiger partial charge on any atom is -0.494 e. The standard InChI is InChI=1S/C13H18N2O3/c1-3-17-11-6-4-10(5-7-11)15-9-13(2,8-14)18-12(15)16/h4-7H,3,8-9,14H2,1-2H3. The molecule has 1 aliphatic heterocycles. The van der Waals surface area contributed by atoms with Crippen LogP contribution < -0.4 is 15.4 Å². The maximum absolute atomic E-state index is 11.8. The van der Waals surface area contributed by atoms with Crippen molar-refractivity contribution in [2.24, 2.45) is 5.73 Å². The van der Waals surface area contributed by atoms with Gasteiger partial charge in [0.05, 0.1) is 13.2 Å². The first-order valence-corrected chi connectivity index (χ1v) is 6.01. The van der Waals surface area contributed by atoms with Crippen LogP contribution in [-0.2, 0) is 4.74 Å². The molecule has 0 aromatic heterocycles. The Labute approximate surface area is 106 Å². The van der Waals surface area contributed by atoms with E-state index in [1.807, 2.05) is 38.1 Å². The molecule has 1 unspecified atom stereocenters. The van der Waals surface area contributed by atoms with E-state index in [4.69, 9.17) is 15.2 Å². The molecule has 1 fully saturated rings. The van der Waals surface area contributed by atoms with Gasteiger partial charge in [0.2, 0.25) is 0 Å². The molecule has 18 heavy (non-hydrogen) atoms.